The molecule has 438 valence electrons. The monoisotopic (exact) mass is 1200 g/mol. The lowest BCUT2D eigenvalue weighted by atomic mass is 9.33. The molecule has 2 aliphatic heterocycles. The first kappa shape index (κ1) is 55.7. The molecule has 14 aromatic rings. The summed E-state index contributed by atoms with van der Waals surface area (Å²) in [5, 5.41) is 11.7. The third-order valence-corrected chi connectivity index (χ3v) is 18.0. The first-order chi connectivity index (χ1) is 44.8. The van der Waals surface area contributed by atoms with Crippen molar-refractivity contribution < 1.29 is 26.3 Å². The number of anilines is 6. The highest BCUT2D eigenvalue weighted by molar-refractivity contribution is 7.00. The highest BCUT2D eigenvalue weighted by atomic mass is 19.4. The van der Waals surface area contributed by atoms with Gasteiger partial charge in [-0.05, 0) is 181 Å². The van der Waals surface area contributed by atoms with Crippen LogP contribution < -0.4 is 26.2 Å². The fourth-order valence-corrected chi connectivity index (χ4v) is 13.8. The molecular formula is C81H49BF6N4. The number of hydrogen-bond donors (Lipinski definition) is 0. The van der Waals surface area contributed by atoms with E-state index in [1.54, 1.807) is 6.07 Å². The molecule has 0 radical (unpaired) electrons. The van der Waals surface area contributed by atoms with Crippen LogP contribution >= 0.6 is 0 Å². The molecule has 13 aromatic carbocycles. The van der Waals surface area contributed by atoms with Gasteiger partial charge < -0.3 is 14.4 Å². The van der Waals surface area contributed by atoms with Crippen molar-refractivity contribution in [1.82, 2.24) is 4.57 Å². The molecule has 0 atom stereocenters. The number of para-hydroxylation sites is 1. The third kappa shape index (κ3) is 9.58. The lowest BCUT2D eigenvalue weighted by molar-refractivity contribution is -0.143. The Balaban J connectivity index is 0.959. The van der Waals surface area contributed by atoms with Crippen molar-refractivity contribution in [3.05, 3.63) is 314 Å². The molecule has 0 bridgehead atoms. The van der Waals surface area contributed by atoms with Crippen molar-refractivity contribution in [3.8, 4) is 78.5 Å². The zero-order valence-corrected chi connectivity index (χ0v) is 48.9. The number of nitriles is 1. The summed E-state index contributed by atoms with van der Waals surface area (Å²) in [5.74, 6) is 0. The lowest BCUT2D eigenvalue weighted by Gasteiger charge is -2.44. The van der Waals surface area contributed by atoms with Gasteiger partial charge in [-0.2, -0.15) is 31.6 Å². The van der Waals surface area contributed by atoms with Gasteiger partial charge in [0.15, 0.2) is 0 Å². The van der Waals surface area contributed by atoms with Gasteiger partial charge in [0.05, 0.1) is 39.5 Å². The Kier molecular flexibility index (Phi) is 13.2. The number of nitrogens with zero attached hydrogens (tertiary/aromatic N) is 4. The van der Waals surface area contributed by atoms with E-state index in [9.17, 15) is 31.6 Å². The number of benzene rings is 13. The molecule has 92 heavy (non-hydrogen) atoms. The third-order valence-electron chi connectivity index (χ3n) is 18.0. The molecule has 0 aliphatic carbocycles. The van der Waals surface area contributed by atoms with E-state index in [1.165, 1.54) is 12.1 Å². The van der Waals surface area contributed by atoms with Crippen LogP contribution in [-0.2, 0) is 12.4 Å². The summed E-state index contributed by atoms with van der Waals surface area (Å²) in [6.07, 6.45) is -10.2. The van der Waals surface area contributed by atoms with Crippen molar-refractivity contribution in [2.24, 2.45) is 0 Å². The number of fused-ring (bicyclic) bond motifs is 7. The number of aromatic nitrogens is 1. The Morgan fingerprint density at radius 1 is 0.304 bits per heavy atom. The predicted octanol–water partition coefficient (Wildman–Crippen LogP) is 20.8. The number of hydrogen-bond acceptors (Lipinski definition) is 3. The molecule has 0 saturated heterocycles. The summed E-state index contributed by atoms with van der Waals surface area (Å²) in [6.45, 7) is -0.267. The Morgan fingerprint density at radius 2 is 0.707 bits per heavy atom. The smallest absolute Gasteiger partial charge is 0.311 e. The maximum atomic E-state index is 14.5. The standard InChI is InChI=1S/C81H49BF6N4/c83-80(84,85)63-42-62(43-64(49-63)81(86,87)88)68-41-51(50-89)25-37-73(68)92-72-24-14-13-23-67(72)69-44-58(30-38-74(69)92)61-47-77-79-78(48-61)91(66-35-28-57(29-36-66)53-17-7-2-8-18-53)76-40-32-60(55-21-11-4-12-22-55)46-71(76)82(79)70-45-59(54-19-9-3-10-20-54)31-39-75(70)90(77)65-33-26-56(27-34-65)52-15-5-1-6-16-52/h1-49H. The van der Waals surface area contributed by atoms with Gasteiger partial charge in [-0.15, -0.1) is 0 Å². The van der Waals surface area contributed by atoms with Gasteiger partial charge in [-0.1, -0.05) is 194 Å². The fourth-order valence-electron chi connectivity index (χ4n) is 13.8. The molecule has 0 saturated carbocycles. The summed E-state index contributed by atoms with van der Waals surface area (Å²) >= 11 is 0. The van der Waals surface area contributed by atoms with Crippen LogP contribution in [-0.4, -0.2) is 11.3 Å². The second-order valence-electron chi connectivity index (χ2n) is 23.4. The molecule has 3 heterocycles. The molecule has 16 rings (SSSR count). The SMILES string of the molecule is N#Cc1ccc(-n2c3ccccc3c3cc(-c4cc5c6c(c4)N(c4ccc(-c7ccccc7)cc4)c4ccc(-c7ccccc7)cc4B6c4cc(-c6ccccc6)ccc4N5c4ccc(-c5ccccc5)cc4)ccc32)c(-c2cc(C(F)(F)F)cc(C(F)(F)F)c2)c1. The average Bonchev–Trinajstić information content (AvgIpc) is 0.783. The maximum Gasteiger partial charge on any atom is 0.416 e. The molecule has 0 amide bonds. The quantitative estimate of drug-likeness (QED) is 0.107. The minimum Gasteiger partial charge on any atom is -0.311 e. The van der Waals surface area contributed by atoms with E-state index in [0.29, 0.717) is 16.7 Å². The van der Waals surface area contributed by atoms with E-state index >= 15 is 0 Å². The van der Waals surface area contributed by atoms with Gasteiger partial charge in [0.2, 0.25) is 0 Å². The lowest BCUT2D eigenvalue weighted by Crippen LogP contribution is -2.61. The van der Waals surface area contributed by atoms with Gasteiger partial charge in [0.1, 0.15) is 0 Å². The van der Waals surface area contributed by atoms with Crippen LogP contribution in [0.2, 0.25) is 0 Å². The van der Waals surface area contributed by atoms with Crippen LogP contribution in [0.25, 0.3) is 94.3 Å². The van der Waals surface area contributed by atoms with E-state index < -0.39 is 23.5 Å². The van der Waals surface area contributed by atoms with Gasteiger partial charge in [0, 0.05) is 50.5 Å². The topological polar surface area (TPSA) is 35.2 Å². The summed E-state index contributed by atoms with van der Waals surface area (Å²) in [5.41, 5.74) is 18.2. The molecule has 2 aliphatic rings. The van der Waals surface area contributed by atoms with Crippen molar-refractivity contribution in [2.45, 2.75) is 12.4 Å². The zero-order chi connectivity index (χ0) is 62.4. The maximum absolute atomic E-state index is 14.5. The summed E-state index contributed by atoms with van der Waals surface area (Å²) in [7, 11) is 0. The largest absolute Gasteiger partial charge is 0.416 e. The van der Waals surface area contributed by atoms with E-state index in [4.69, 9.17) is 0 Å². The van der Waals surface area contributed by atoms with Crippen LogP contribution in [0.4, 0.5) is 60.5 Å². The van der Waals surface area contributed by atoms with E-state index in [0.717, 1.165) is 129 Å². The summed E-state index contributed by atoms with van der Waals surface area (Å²) < 4.78 is 89.1. The number of alkyl halides is 6. The first-order valence-electron chi connectivity index (χ1n) is 30.2. The molecule has 11 heteroatoms. The Bertz CT molecular complexity index is 5020. The molecule has 0 N–H and O–H groups in total. The van der Waals surface area contributed by atoms with E-state index in [1.807, 2.05) is 89.5 Å². The normalized spacial score (nSPS) is 12.6. The van der Waals surface area contributed by atoms with Crippen LogP contribution in [0.15, 0.2) is 297 Å². The van der Waals surface area contributed by atoms with Crippen molar-refractivity contribution in [3.63, 3.8) is 0 Å². The van der Waals surface area contributed by atoms with Gasteiger partial charge in [-0.25, -0.2) is 0 Å². The zero-order valence-electron chi connectivity index (χ0n) is 48.9. The Morgan fingerprint density at radius 3 is 1.18 bits per heavy atom. The minimum atomic E-state index is -5.10. The molecule has 1 aromatic heterocycles. The van der Waals surface area contributed by atoms with Gasteiger partial charge >= 0.3 is 12.4 Å². The molecule has 4 nitrogen and oxygen atoms in total. The van der Waals surface area contributed by atoms with Crippen LogP contribution in [0.1, 0.15) is 16.7 Å². The van der Waals surface area contributed by atoms with Crippen molar-refractivity contribution >= 4 is 79.0 Å². The minimum absolute atomic E-state index is 0.0249. The van der Waals surface area contributed by atoms with Crippen LogP contribution in [0, 0.1) is 11.3 Å². The number of rotatable bonds is 9. The highest BCUT2D eigenvalue weighted by Crippen LogP contribution is 2.49. The number of halogens is 6. The van der Waals surface area contributed by atoms with Crippen molar-refractivity contribution in [1.29, 1.82) is 5.26 Å². The second-order valence-corrected chi connectivity index (χ2v) is 23.4. The van der Waals surface area contributed by atoms with Crippen molar-refractivity contribution in [2.75, 3.05) is 9.80 Å². The predicted molar refractivity (Wildman–Crippen MR) is 362 cm³/mol. The van der Waals surface area contributed by atoms with Gasteiger partial charge in [0.25, 0.3) is 6.71 Å². The fraction of sp³-hybridized carbons (Fsp3) is 0.0247. The summed E-state index contributed by atoms with van der Waals surface area (Å²) in [6, 6.07) is 99.3. The van der Waals surface area contributed by atoms with Gasteiger partial charge in [-0.3, -0.25) is 0 Å². The molecular weight excluding hydrogens is 1150 g/mol. The summed E-state index contributed by atoms with van der Waals surface area (Å²) in [4.78, 5) is 4.80. The Labute approximate surface area is 527 Å². The first-order valence-corrected chi connectivity index (χ1v) is 30.2. The molecule has 0 fully saturated rings. The molecule has 0 unspecified atom stereocenters. The highest BCUT2D eigenvalue weighted by Gasteiger charge is 2.44. The Hall–Kier alpha value is -11.6. The van der Waals surface area contributed by atoms with Crippen LogP contribution in [0.5, 0.6) is 0 Å². The molecule has 0 spiro atoms. The average molecular weight is 1200 g/mol. The van der Waals surface area contributed by atoms with E-state index in [-0.39, 0.29) is 29.5 Å². The van der Waals surface area contributed by atoms with Crippen LogP contribution in [0.3, 0.4) is 0 Å². The van der Waals surface area contributed by atoms with E-state index in [2.05, 4.69) is 192 Å². The second kappa shape index (κ2) is 21.9.